The molecule has 0 spiro atoms. The van der Waals surface area contributed by atoms with Gasteiger partial charge in [0.15, 0.2) is 0 Å². The van der Waals surface area contributed by atoms with Gasteiger partial charge in [0.25, 0.3) is 5.91 Å². The number of nitrogens with zero attached hydrogens (tertiary/aromatic N) is 1. The van der Waals surface area contributed by atoms with Crippen molar-refractivity contribution in [2.45, 2.75) is 51.6 Å². The largest absolute Gasteiger partial charge is 0.349 e. The molecule has 3 nitrogen and oxygen atoms in total. The second kappa shape index (κ2) is 6.61. The van der Waals surface area contributed by atoms with Gasteiger partial charge in [0.1, 0.15) is 0 Å². The highest BCUT2D eigenvalue weighted by Crippen LogP contribution is 2.32. The van der Waals surface area contributed by atoms with Crippen molar-refractivity contribution in [3.05, 3.63) is 35.4 Å². The molecule has 0 unspecified atom stereocenters. The second-order valence-electron chi connectivity index (χ2n) is 6.63. The third-order valence-electron chi connectivity index (χ3n) is 4.76. The number of carbonyl (C=O) groups is 1. The van der Waals surface area contributed by atoms with Crippen LogP contribution >= 0.6 is 0 Å². The predicted octanol–water partition coefficient (Wildman–Crippen LogP) is 3.20. The van der Waals surface area contributed by atoms with Gasteiger partial charge < -0.3 is 5.32 Å². The molecule has 1 aliphatic heterocycles. The molecule has 1 saturated heterocycles. The summed E-state index contributed by atoms with van der Waals surface area (Å²) in [6.45, 7) is 5.54. The number of likely N-dealkylation sites (tertiary alicyclic amines) is 1. The Labute approximate surface area is 127 Å². The van der Waals surface area contributed by atoms with Gasteiger partial charge in [-0.1, -0.05) is 18.6 Å². The molecule has 1 aliphatic carbocycles. The molecule has 1 aromatic rings. The summed E-state index contributed by atoms with van der Waals surface area (Å²) in [6.07, 6.45) is 6.53. The summed E-state index contributed by atoms with van der Waals surface area (Å²) in [5.74, 6) is 0.770. The van der Waals surface area contributed by atoms with E-state index in [1.165, 1.54) is 50.8 Å². The Kier molecular flexibility index (Phi) is 4.59. The molecule has 1 atom stereocenters. The number of piperidine rings is 1. The fraction of sp³-hybridized carbons (Fsp3) is 0.611. The van der Waals surface area contributed by atoms with Gasteiger partial charge in [-0.3, -0.25) is 9.69 Å². The smallest absolute Gasteiger partial charge is 0.251 e. The summed E-state index contributed by atoms with van der Waals surface area (Å²) in [7, 11) is 0. The maximum atomic E-state index is 12.2. The predicted molar refractivity (Wildman–Crippen MR) is 85.2 cm³/mol. The summed E-state index contributed by atoms with van der Waals surface area (Å²) in [5.41, 5.74) is 2.09. The number of amides is 1. The highest BCUT2D eigenvalue weighted by atomic mass is 16.1. The lowest BCUT2D eigenvalue weighted by Gasteiger charge is -2.26. The van der Waals surface area contributed by atoms with E-state index >= 15 is 0 Å². The van der Waals surface area contributed by atoms with E-state index in [1.807, 2.05) is 12.1 Å². The van der Waals surface area contributed by atoms with Crippen LogP contribution < -0.4 is 5.32 Å². The van der Waals surface area contributed by atoms with Crippen LogP contribution in [-0.2, 0) is 6.54 Å². The quantitative estimate of drug-likeness (QED) is 0.901. The van der Waals surface area contributed by atoms with Gasteiger partial charge in [0, 0.05) is 18.2 Å². The lowest BCUT2D eigenvalue weighted by atomic mass is 10.1. The molecule has 21 heavy (non-hydrogen) atoms. The zero-order chi connectivity index (χ0) is 14.7. The van der Waals surface area contributed by atoms with Gasteiger partial charge in [-0.25, -0.2) is 0 Å². The fourth-order valence-corrected chi connectivity index (χ4v) is 3.14. The average Bonchev–Trinajstić information content (AvgIpc) is 3.33. The van der Waals surface area contributed by atoms with E-state index in [9.17, 15) is 4.79 Å². The van der Waals surface area contributed by atoms with Gasteiger partial charge in [0.05, 0.1) is 0 Å². The molecular formula is C18H26N2O. The Morgan fingerprint density at radius 2 is 1.86 bits per heavy atom. The zero-order valence-corrected chi connectivity index (χ0v) is 13.0. The minimum atomic E-state index is 0.0684. The van der Waals surface area contributed by atoms with E-state index in [-0.39, 0.29) is 5.91 Å². The molecule has 1 N–H and O–H groups in total. The van der Waals surface area contributed by atoms with Crippen LogP contribution in [0, 0.1) is 5.92 Å². The standard InChI is InChI=1S/C18H26N2O/c1-14(16-9-10-16)19-18(21)17-7-5-15(6-8-17)13-20-11-3-2-4-12-20/h5-8,14,16H,2-4,9-13H2,1H3,(H,19,21)/t14-/m0/s1. The van der Waals surface area contributed by atoms with E-state index < -0.39 is 0 Å². The first-order valence-electron chi connectivity index (χ1n) is 8.34. The molecule has 0 bridgehead atoms. The van der Waals surface area contributed by atoms with Crippen LogP contribution in [0.25, 0.3) is 0 Å². The number of rotatable bonds is 5. The van der Waals surface area contributed by atoms with Crippen LogP contribution in [0.15, 0.2) is 24.3 Å². The van der Waals surface area contributed by atoms with Crippen molar-refractivity contribution in [3.8, 4) is 0 Å². The van der Waals surface area contributed by atoms with Crippen LogP contribution in [0.2, 0.25) is 0 Å². The van der Waals surface area contributed by atoms with Crippen molar-refractivity contribution in [2.24, 2.45) is 5.92 Å². The normalized spacial score (nSPS) is 21.0. The molecule has 2 aliphatic rings. The number of hydrogen-bond acceptors (Lipinski definition) is 2. The van der Waals surface area contributed by atoms with Crippen LogP contribution in [0.4, 0.5) is 0 Å². The maximum absolute atomic E-state index is 12.2. The Balaban J connectivity index is 1.54. The SMILES string of the molecule is C[C@H](NC(=O)c1ccc(CN2CCCCC2)cc1)C1CC1. The van der Waals surface area contributed by atoms with E-state index in [2.05, 4.69) is 29.3 Å². The number of hydrogen-bond donors (Lipinski definition) is 1. The lowest BCUT2D eigenvalue weighted by molar-refractivity contribution is 0.0936. The Morgan fingerprint density at radius 1 is 1.19 bits per heavy atom. The first-order chi connectivity index (χ1) is 10.2. The third-order valence-corrected chi connectivity index (χ3v) is 4.76. The first kappa shape index (κ1) is 14.6. The van der Waals surface area contributed by atoms with Crippen molar-refractivity contribution in [1.82, 2.24) is 10.2 Å². The number of nitrogens with one attached hydrogen (secondary N) is 1. The van der Waals surface area contributed by atoms with Crippen molar-refractivity contribution in [3.63, 3.8) is 0 Å². The molecule has 1 heterocycles. The summed E-state index contributed by atoms with van der Waals surface area (Å²) in [6, 6.07) is 8.45. The number of benzene rings is 1. The van der Waals surface area contributed by atoms with Gasteiger partial charge in [-0.2, -0.15) is 0 Å². The van der Waals surface area contributed by atoms with E-state index in [0.29, 0.717) is 12.0 Å². The number of carbonyl (C=O) groups excluding carboxylic acids is 1. The minimum absolute atomic E-state index is 0.0684. The summed E-state index contributed by atoms with van der Waals surface area (Å²) >= 11 is 0. The molecule has 1 aromatic carbocycles. The average molecular weight is 286 g/mol. The zero-order valence-electron chi connectivity index (χ0n) is 13.0. The van der Waals surface area contributed by atoms with Gasteiger partial charge in [-0.15, -0.1) is 0 Å². The van der Waals surface area contributed by atoms with Crippen molar-refractivity contribution >= 4 is 5.91 Å². The van der Waals surface area contributed by atoms with E-state index in [1.54, 1.807) is 0 Å². The molecule has 2 fully saturated rings. The topological polar surface area (TPSA) is 32.3 Å². The minimum Gasteiger partial charge on any atom is -0.349 e. The second-order valence-corrected chi connectivity index (χ2v) is 6.63. The Morgan fingerprint density at radius 3 is 2.48 bits per heavy atom. The summed E-state index contributed by atoms with van der Waals surface area (Å²) in [4.78, 5) is 14.7. The van der Waals surface area contributed by atoms with Crippen LogP contribution in [0.3, 0.4) is 0 Å². The van der Waals surface area contributed by atoms with Gasteiger partial charge >= 0.3 is 0 Å². The molecule has 0 radical (unpaired) electrons. The van der Waals surface area contributed by atoms with Crippen molar-refractivity contribution < 1.29 is 4.79 Å². The molecule has 0 aromatic heterocycles. The van der Waals surface area contributed by atoms with Gasteiger partial charge in [0.2, 0.25) is 0 Å². The van der Waals surface area contributed by atoms with Crippen molar-refractivity contribution in [2.75, 3.05) is 13.1 Å². The highest BCUT2D eigenvalue weighted by Gasteiger charge is 2.29. The fourth-order valence-electron chi connectivity index (χ4n) is 3.14. The maximum Gasteiger partial charge on any atom is 0.251 e. The summed E-state index contributed by atoms with van der Waals surface area (Å²) < 4.78 is 0. The van der Waals surface area contributed by atoms with Gasteiger partial charge in [-0.05, 0) is 69.3 Å². The van der Waals surface area contributed by atoms with E-state index in [4.69, 9.17) is 0 Å². The highest BCUT2D eigenvalue weighted by molar-refractivity contribution is 5.94. The van der Waals surface area contributed by atoms with Crippen LogP contribution in [-0.4, -0.2) is 29.9 Å². The Bertz CT molecular complexity index is 472. The molecule has 1 amide bonds. The Hall–Kier alpha value is -1.35. The third kappa shape index (κ3) is 4.07. The molecule has 1 saturated carbocycles. The van der Waals surface area contributed by atoms with E-state index in [0.717, 1.165) is 12.1 Å². The molecular weight excluding hydrogens is 260 g/mol. The van der Waals surface area contributed by atoms with Crippen LogP contribution in [0.1, 0.15) is 54.9 Å². The monoisotopic (exact) mass is 286 g/mol. The molecule has 3 rings (SSSR count). The molecule has 114 valence electrons. The lowest BCUT2D eigenvalue weighted by Crippen LogP contribution is -2.34. The first-order valence-corrected chi connectivity index (χ1v) is 8.34. The van der Waals surface area contributed by atoms with Crippen molar-refractivity contribution in [1.29, 1.82) is 0 Å². The summed E-state index contributed by atoms with van der Waals surface area (Å²) in [5, 5.41) is 3.11. The van der Waals surface area contributed by atoms with Crippen LogP contribution in [0.5, 0.6) is 0 Å². The molecule has 3 heteroatoms.